The van der Waals surface area contributed by atoms with Crippen LogP contribution in [0.4, 0.5) is 0 Å². The highest BCUT2D eigenvalue weighted by atomic mass is 79.9. The lowest BCUT2D eigenvalue weighted by molar-refractivity contribution is 0.298. The van der Waals surface area contributed by atoms with Crippen molar-refractivity contribution in [2.75, 3.05) is 6.61 Å². The molecule has 1 aliphatic heterocycles. The summed E-state index contributed by atoms with van der Waals surface area (Å²) in [5, 5.41) is 16.5. The number of H-pyrrole nitrogens is 1. The Bertz CT molecular complexity index is 1630. The first-order valence-corrected chi connectivity index (χ1v) is 13.5. The van der Waals surface area contributed by atoms with Crippen LogP contribution in [0, 0.1) is 4.77 Å². The van der Waals surface area contributed by atoms with Gasteiger partial charge in [-0.1, -0.05) is 28.1 Å². The second kappa shape index (κ2) is 9.50. The number of imidazole rings is 1. The van der Waals surface area contributed by atoms with Crippen LogP contribution in [0.2, 0.25) is 0 Å². The second-order valence-corrected chi connectivity index (χ2v) is 10.9. The van der Waals surface area contributed by atoms with Crippen LogP contribution in [0.3, 0.4) is 0 Å². The number of benzene rings is 2. The van der Waals surface area contributed by atoms with Gasteiger partial charge in [0.25, 0.3) is 0 Å². The van der Waals surface area contributed by atoms with Crippen molar-refractivity contribution in [2.24, 2.45) is 0 Å². The Kier molecular flexibility index (Phi) is 6.16. The third-order valence-electron chi connectivity index (χ3n) is 6.95. The fourth-order valence-electron chi connectivity index (χ4n) is 5.25. The van der Waals surface area contributed by atoms with E-state index in [4.69, 9.17) is 17.0 Å². The average Bonchev–Trinajstić information content (AvgIpc) is 3.58. The summed E-state index contributed by atoms with van der Waals surface area (Å²) >= 11 is 9.54. The molecular formula is C27H27BrN6O2S. The highest BCUT2D eigenvalue weighted by molar-refractivity contribution is 9.10. The zero-order valence-electron chi connectivity index (χ0n) is 20.6. The fourth-order valence-corrected chi connectivity index (χ4v) is 6.13. The quantitative estimate of drug-likeness (QED) is 0.175. The number of hydrogen-bond acceptors (Lipinski definition) is 5. The maximum Gasteiger partial charge on any atom is 0.214 e. The second-order valence-electron chi connectivity index (χ2n) is 9.60. The van der Waals surface area contributed by atoms with E-state index in [0.717, 1.165) is 51.0 Å². The van der Waals surface area contributed by atoms with Crippen molar-refractivity contribution < 1.29 is 9.84 Å². The van der Waals surface area contributed by atoms with Crippen molar-refractivity contribution >= 4 is 39.1 Å². The van der Waals surface area contributed by atoms with E-state index in [9.17, 15) is 5.11 Å². The Labute approximate surface area is 227 Å². The molecule has 3 aromatic heterocycles. The Balaban J connectivity index is 1.37. The zero-order valence-corrected chi connectivity index (χ0v) is 23.0. The van der Waals surface area contributed by atoms with Crippen LogP contribution in [0.1, 0.15) is 54.9 Å². The highest BCUT2D eigenvalue weighted by Crippen LogP contribution is 2.44. The minimum atomic E-state index is -0.190. The molecule has 0 amide bonds. The summed E-state index contributed by atoms with van der Waals surface area (Å²) in [7, 11) is 0. The summed E-state index contributed by atoms with van der Waals surface area (Å²) < 4.78 is 13.4. The number of nitrogens with one attached hydrogen (secondary N) is 1. The lowest BCUT2D eigenvalue weighted by atomic mass is 9.93. The Hall–Kier alpha value is -3.37. The number of aromatic hydroxyl groups is 1. The van der Waals surface area contributed by atoms with Gasteiger partial charge in [0.15, 0.2) is 4.77 Å². The zero-order chi connectivity index (χ0) is 25.7. The molecule has 0 fully saturated rings. The first-order valence-electron chi connectivity index (χ1n) is 12.3. The number of aromatic amines is 1. The van der Waals surface area contributed by atoms with Gasteiger partial charge in [-0.3, -0.25) is 9.25 Å². The normalized spacial score (nSPS) is 14.8. The maximum atomic E-state index is 11.2. The molecule has 0 saturated carbocycles. The summed E-state index contributed by atoms with van der Waals surface area (Å²) in [5.41, 5.74) is 5.25. The minimum Gasteiger partial charge on any atom is -0.494 e. The third-order valence-corrected chi connectivity index (χ3v) is 7.83. The van der Waals surface area contributed by atoms with Crippen LogP contribution in [0.5, 0.6) is 11.6 Å². The van der Waals surface area contributed by atoms with Crippen molar-refractivity contribution in [3.8, 4) is 11.6 Å². The smallest absolute Gasteiger partial charge is 0.214 e. The number of halogens is 1. The molecular weight excluding hydrogens is 552 g/mol. The first-order chi connectivity index (χ1) is 17.9. The van der Waals surface area contributed by atoms with Gasteiger partial charge >= 0.3 is 0 Å². The summed E-state index contributed by atoms with van der Waals surface area (Å²) in [6, 6.07) is 14.3. The average molecular weight is 580 g/mol. The van der Waals surface area contributed by atoms with Crippen molar-refractivity contribution in [2.45, 2.75) is 45.3 Å². The molecule has 2 N–H and O–H groups in total. The molecule has 0 spiro atoms. The van der Waals surface area contributed by atoms with Gasteiger partial charge in [-0.25, -0.2) is 4.98 Å². The Morgan fingerprint density at radius 2 is 2.03 bits per heavy atom. The topological polar surface area (TPSA) is 85.8 Å². The van der Waals surface area contributed by atoms with Gasteiger partial charge in [-0.05, 0) is 67.5 Å². The molecule has 2 aromatic carbocycles. The van der Waals surface area contributed by atoms with E-state index in [2.05, 4.69) is 59.8 Å². The van der Waals surface area contributed by atoms with Crippen molar-refractivity contribution in [1.82, 2.24) is 28.9 Å². The van der Waals surface area contributed by atoms with E-state index < -0.39 is 0 Å². The van der Waals surface area contributed by atoms with E-state index >= 15 is 0 Å². The number of rotatable bonds is 7. The van der Waals surface area contributed by atoms with E-state index in [1.807, 2.05) is 36.6 Å². The summed E-state index contributed by atoms with van der Waals surface area (Å²) in [4.78, 5) is 7.63. The van der Waals surface area contributed by atoms with E-state index in [-0.39, 0.29) is 18.0 Å². The monoisotopic (exact) mass is 578 g/mol. The number of aromatic nitrogens is 6. The molecule has 6 rings (SSSR count). The number of fused-ring (bicyclic) bond motifs is 4. The molecule has 8 nitrogen and oxygen atoms in total. The fraction of sp³-hybridized carbons (Fsp3) is 0.296. The van der Waals surface area contributed by atoms with Gasteiger partial charge in [0.2, 0.25) is 5.88 Å². The number of nitrogens with zero attached hydrogens (tertiary/aromatic N) is 5. The SMILES string of the molecule is CC(C)n1c(O)c2n(c1=S)C(c1ccc(OCCCn3cncn3)cc1)c1[nH]c3ccc(Br)cc3c1C2. The first kappa shape index (κ1) is 24.0. The summed E-state index contributed by atoms with van der Waals surface area (Å²) in [5.74, 6) is 1.05. The highest BCUT2D eigenvalue weighted by Gasteiger charge is 2.34. The molecule has 0 saturated heterocycles. The molecule has 1 unspecified atom stereocenters. The van der Waals surface area contributed by atoms with E-state index in [1.165, 1.54) is 11.9 Å². The van der Waals surface area contributed by atoms with E-state index in [0.29, 0.717) is 17.8 Å². The lowest BCUT2D eigenvalue weighted by Crippen LogP contribution is -2.22. The maximum absolute atomic E-state index is 11.2. The molecule has 190 valence electrons. The number of hydrogen-bond donors (Lipinski definition) is 2. The molecule has 0 bridgehead atoms. The molecule has 1 atom stereocenters. The van der Waals surface area contributed by atoms with Gasteiger partial charge in [0, 0.05) is 46.5 Å². The summed E-state index contributed by atoms with van der Waals surface area (Å²) in [6.45, 7) is 5.43. The third kappa shape index (κ3) is 4.18. The summed E-state index contributed by atoms with van der Waals surface area (Å²) in [6.07, 6.45) is 4.68. The number of aryl methyl sites for hydroxylation is 1. The van der Waals surface area contributed by atoms with E-state index in [1.54, 1.807) is 11.0 Å². The van der Waals surface area contributed by atoms with Gasteiger partial charge in [-0.15, -0.1) is 0 Å². The molecule has 5 aromatic rings. The van der Waals surface area contributed by atoms with Crippen LogP contribution < -0.4 is 4.74 Å². The number of ether oxygens (including phenoxy) is 1. The minimum absolute atomic E-state index is 0.0452. The van der Waals surface area contributed by atoms with Crippen LogP contribution >= 0.6 is 28.1 Å². The molecule has 4 heterocycles. The standard InChI is InChI=1S/C27H27BrN6O2S/c1-16(2)33-26(35)23-13-21-20-12-18(28)6-9-22(20)31-24(21)25(34(23)27(33)37)17-4-7-19(8-5-17)36-11-3-10-32-15-29-14-30-32/h4-9,12,14-16,25,31,35H,3,10-11,13H2,1-2H3. The van der Waals surface area contributed by atoms with Gasteiger partial charge in [0.05, 0.1) is 12.3 Å². The Morgan fingerprint density at radius 1 is 1.22 bits per heavy atom. The lowest BCUT2D eigenvalue weighted by Gasteiger charge is -2.27. The molecule has 0 aliphatic carbocycles. The molecule has 0 radical (unpaired) electrons. The predicted octanol–water partition coefficient (Wildman–Crippen LogP) is 6.15. The Morgan fingerprint density at radius 3 is 2.76 bits per heavy atom. The van der Waals surface area contributed by atoms with Crippen molar-refractivity contribution in [3.63, 3.8) is 0 Å². The van der Waals surface area contributed by atoms with Gasteiger partial charge < -0.3 is 19.4 Å². The van der Waals surface area contributed by atoms with Crippen LogP contribution in [-0.2, 0) is 13.0 Å². The van der Waals surface area contributed by atoms with Crippen molar-refractivity contribution in [1.29, 1.82) is 0 Å². The molecule has 1 aliphatic rings. The van der Waals surface area contributed by atoms with Crippen LogP contribution in [-0.4, -0.2) is 40.6 Å². The van der Waals surface area contributed by atoms with Crippen LogP contribution in [0.15, 0.2) is 59.6 Å². The molecule has 10 heteroatoms. The van der Waals surface area contributed by atoms with Gasteiger partial charge in [-0.2, -0.15) is 5.10 Å². The predicted molar refractivity (Wildman–Crippen MR) is 148 cm³/mol. The van der Waals surface area contributed by atoms with Crippen molar-refractivity contribution in [3.05, 3.63) is 86.9 Å². The largest absolute Gasteiger partial charge is 0.494 e. The molecule has 37 heavy (non-hydrogen) atoms. The van der Waals surface area contributed by atoms with Crippen LogP contribution in [0.25, 0.3) is 10.9 Å². The van der Waals surface area contributed by atoms with Gasteiger partial charge in [0.1, 0.15) is 24.4 Å².